The molecule has 2 aromatic rings. The minimum Gasteiger partial charge on any atom is -0.340 e. The summed E-state index contributed by atoms with van der Waals surface area (Å²) in [6.45, 7) is 4.00. The molecule has 1 amide bonds. The van der Waals surface area contributed by atoms with E-state index in [-0.39, 0.29) is 17.8 Å². The van der Waals surface area contributed by atoms with Crippen molar-refractivity contribution in [3.05, 3.63) is 77.6 Å². The van der Waals surface area contributed by atoms with E-state index in [0.717, 1.165) is 25.1 Å². The van der Waals surface area contributed by atoms with Crippen molar-refractivity contribution in [2.75, 3.05) is 20.1 Å². The third-order valence-electron chi connectivity index (χ3n) is 4.98. The molecule has 0 aromatic heterocycles. The van der Waals surface area contributed by atoms with Gasteiger partial charge in [-0.05, 0) is 42.2 Å². The highest BCUT2D eigenvalue weighted by atomic mass is 19.1. The highest BCUT2D eigenvalue weighted by Gasteiger charge is 2.25. The first-order chi connectivity index (χ1) is 12.5. The summed E-state index contributed by atoms with van der Waals surface area (Å²) >= 11 is 0. The molecule has 1 aliphatic rings. The van der Waals surface area contributed by atoms with Crippen LogP contribution in [0.4, 0.5) is 4.39 Å². The molecule has 1 heterocycles. The van der Waals surface area contributed by atoms with E-state index < -0.39 is 0 Å². The summed E-state index contributed by atoms with van der Waals surface area (Å²) in [7, 11) is 1.78. The zero-order valence-electron chi connectivity index (χ0n) is 15.4. The van der Waals surface area contributed by atoms with Gasteiger partial charge >= 0.3 is 0 Å². The van der Waals surface area contributed by atoms with Crippen molar-refractivity contribution in [2.45, 2.75) is 25.9 Å². The molecule has 2 aromatic carbocycles. The number of halogens is 1. The Labute approximate surface area is 154 Å². The van der Waals surface area contributed by atoms with Gasteiger partial charge in [0, 0.05) is 26.7 Å². The second-order valence-corrected chi connectivity index (χ2v) is 6.84. The van der Waals surface area contributed by atoms with Gasteiger partial charge in [0.25, 0.3) is 0 Å². The lowest BCUT2D eigenvalue weighted by molar-refractivity contribution is -0.135. The van der Waals surface area contributed by atoms with Gasteiger partial charge in [-0.3, -0.25) is 9.69 Å². The van der Waals surface area contributed by atoms with Gasteiger partial charge in [-0.1, -0.05) is 48.5 Å². The van der Waals surface area contributed by atoms with E-state index in [1.54, 1.807) is 18.0 Å². The molecule has 1 atom stereocenters. The Morgan fingerprint density at radius 1 is 1.19 bits per heavy atom. The summed E-state index contributed by atoms with van der Waals surface area (Å²) < 4.78 is 13.3. The van der Waals surface area contributed by atoms with Crippen LogP contribution in [0, 0.1) is 5.82 Å². The summed E-state index contributed by atoms with van der Waals surface area (Å²) in [6.07, 6.45) is 3.16. The van der Waals surface area contributed by atoms with Crippen LogP contribution in [-0.2, 0) is 11.3 Å². The first kappa shape index (κ1) is 18.3. The fraction of sp³-hybridized carbons (Fsp3) is 0.318. The number of hydrogen-bond donors (Lipinski definition) is 0. The molecule has 3 nitrogen and oxygen atoms in total. The van der Waals surface area contributed by atoms with Crippen LogP contribution in [-0.4, -0.2) is 41.9 Å². The Balaban J connectivity index is 1.59. The first-order valence-corrected chi connectivity index (χ1v) is 9.02. The van der Waals surface area contributed by atoms with Gasteiger partial charge in [-0.25, -0.2) is 4.39 Å². The van der Waals surface area contributed by atoms with E-state index in [9.17, 15) is 9.18 Å². The number of benzene rings is 2. The number of carbonyl (C=O) groups excluding carboxylic acids is 1. The molecule has 136 valence electrons. The maximum atomic E-state index is 13.3. The van der Waals surface area contributed by atoms with Gasteiger partial charge in [-0.2, -0.15) is 0 Å². The second kappa shape index (κ2) is 8.28. The smallest absolute Gasteiger partial charge is 0.239 e. The quantitative estimate of drug-likeness (QED) is 0.813. The largest absolute Gasteiger partial charge is 0.340 e. The van der Waals surface area contributed by atoms with E-state index in [0.29, 0.717) is 6.54 Å². The van der Waals surface area contributed by atoms with Gasteiger partial charge in [-0.15, -0.1) is 0 Å². The second-order valence-electron chi connectivity index (χ2n) is 6.84. The van der Waals surface area contributed by atoms with Gasteiger partial charge in [0.2, 0.25) is 5.91 Å². The fourth-order valence-electron chi connectivity index (χ4n) is 3.41. The lowest BCUT2D eigenvalue weighted by atomic mass is 9.99. The third kappa shape index (κ3) is 4.38. The monoisotopic (exact) mass is 352 g/mol. The molecule has 0 unspecified atom stereocenters. The van der Waals surface area contributed by atoms with Crippen molar-refractivity contribution >= 4 is 11.5 Å². The molecule has 0 spiro atoms. The van der Waals surface area contributed by atoms with Crippen LogP contribution in [0.15, 0.2) is 60.7 Å². The topological polar surface area (TPSA) is 23.6 Å². The number of amides is 1. The molecule has 0 saturated carbocycles. The minimum atomic E-state index is -0.272. The van der Waals surface area contributed by atoms with Crippen molar-refractivity contribution in [1.29, 1.82) is 0 Å². The SMILES string of the molecule is C[C@H](C(=O)N(C)Cc1cccc(F)c1)N1CC=C(c2ccccc2)CC1. The fourth-order valence-corrected chi connectivity index (χ4v) is 3.41. The minimum absolute atomic E-state index is 0.0609. The lowest BCUT2D eigenvalue weighted by Gasteiger charge is -2.33. The van der Waals surface area contributed by atoms with Crippen molar-refractivity contribution in [3.63, 3.8) is 0 Å². The predicted molar refractivity (Wildman–Crippen MR) is 103 cm³/mol. The Bertz CT molecular complexity index is 788. The average molecular weight is 352 g/mol. The van der Waals surface area contributed by atoms with Crippen LogP contribution in [0.2, 0.25) is 0 Å². The van der Waals surface area contributed by atoms with Crippen LogP contribution in [0.5, 0.6) is 0 Å². The molecule has 26 heavy (non-hydrogen) atoms. The van der Waals surface area contributed by atoms with Gasteiger partial charge in [0.05, 0.1) is 6.04 Å². The maximum absolute atomic E-state index is 13.3. The molecule has 4 heteroatoms. The van der Waals surface area contributed by atoms with Gasteiger partial charge in [0.15, 0.2) is 0 Å². The molecule has 0 N–H and O–H groups in total. The average Bonchev–Trinajstić information content (AvgIpc) is 2.67. The van der Waals surface area contributed by atoms with Crippen molar-refractivity contribution in [1.82, 2.24) is 9.80 Å². The Hall–Kier alpha value is -2.46. The standard InChI is InChI=1S/C22H25FN2O/c1-17(22(26)24(2)16-18-7-6-10-21(23)15-18)25-13-11-20(12-14-25)19-8-4-3-5-9-19/h3-11,15,17H,12-14,16H2,1-2H3/t17-/m1/s1. The zero-order valence-corrected chi connectivity index (χ0v) is 15.4. The van der Waals surface area contributed by atoms with Crippen molar-refractivity contribution in [2.24, 2.45) is 0 Å². The molecular formula is C22H25FN2O. The molecule has 0 fully saturated rings. The molecule has 0 saturated heterocycles. The lowest BCUT2D eigenvalue weighted by Crippen LogP contribution is -2.47. The molecule has 0 radical (unpaired) electrons. The van der Waals surface area contributed by atoms with Crippen LogP contribution in [0.3, 0.4) is 0 Å². The summed E-state index contributed by atoms with van der Waals surface area (Å²) in [5.41, 5.74) is 3.40. The molecule has 3 rings (SSSR count). The van der Waals surface area contributed by atoms with Gasteiger partial charge < -0.3 is 4.90 Å². The molecule has 0 bridgehead atoms. The van der Waals surface area contributed by atoms with E-state index in [4.69, 9.17) is 0 Å². The normalized spacial score (nSPS) is 16.0. The highest BCUT2D eigenvalue weighted by molar-refractivity contribution is 5.81. The predicted octanol–water partition coefficient (Wildman–Crippen LogP) is 3.96. The third-order valence-corrected chi connectivity index (χ3v) is 4.98. The number of rotatable bonds is 5. The number of nitrogens with zero attached hydrogens (tertiary/aromatic N) is 2. The maximum Gasteiger partial charge on any atom is 0.239 e. The van der Waals surface area contributed by atoms with Crippen LogP contribution >= 0.6 is 0 Å². The van der Waals surface area contributed by atoms with Gasteiger partial charge in [0.1, 0.15) is 5.82 Å². The summed E-state index contributed by atoms with van der Waals surface area (Å²) in [4.78, 5) is 16.6. The molecule has 0 aliphatic carbocycles. The van der Waals surface area contributed by atoms with Crippen LogP contribution in [0.25, 0.3) is 5.57 Å². The van der Waals surface area contributed by atoms with E-state index in [1.807, 2.05) is 19.1 Å². The van der Waals surface area contributed by atoms with Crippen molar-refractivity contribution < 1.29 is 9.18 Å². The number of carbonyl (C=O) groups is 1. The Morgan fingerprint density at radius 2 is 1.96 bits per heavy atom. The van der Waals surface area contributed by atoms with Crippen molar-refractivity contribution in [3.8, 4) is 0 Å². The van der Waals surface area contributed by atoms with E-state index in [1.165, 1.54) is 23.3 Å². The van der Waals surface area contributed by atoms with E-state index in [2.05, 4.69) is 35.2 Å². The summed E-state index contributed by atoms with van der Waals surface area (Å²) in [5.74, 6) is -0.211. The number of likely N-dealkylation sites (N-methyl/N-ethyl adjacent to an activating group) is 1. The van der Waals surface area contributed by atoms with Crippen LogP contribution < -0.4 is 0 Å². The highest BCUT2D eigenvalue weighted by Crippen LogP contribution is 2.23. The number of hydrogen-bond acceptors (Lipinski definition) is 2. The molecular weight excluding hydrogens is 327 g/mol. The summed E-state index contributed by atoms with van der Waals surface area (Å²) in [6, 6.07) is 16.6. The zero-order chi connectivity index (χ0) is 18.5. The summed E-state index contributed by atoms with van der Waals surface area (Å²) in [5, 5.41) is 0. The Morgan fingerprint density at radius 3 is 2.62 bits per heavy atom. The first-order valence-electron chi connectivity index (χ1n) is 9.02. The molecule has 1 aliphatic heterocycles. The van der Waals surface area contributed by atoms with E-state index >= 15 is 0 Å². The Kier molecular flexibility index (Phi) is 5.84. The van der Waals surface area contributed by atoms with Crippen LogP contribution in [0.1, 0.15) is 24.5 Å².